The molecule has 0 aliphatic heterocycles. The molecule has 1 N–H and O–H groups in total. The number of aromatic nitrogens is 2. The Morgan fingerprint density at radius 2 is 2.00 bits per heavy atom. The van der Waals surface area contributed by atoms with E-state index in [1.54, 1.807) is 6.20 Å². The van der Waals surface area contributed by atoms with Crippen molar-refractivity contribution in [2.24, 2.45) is 5.92 Å². The summed E-state index contributed by atoms with van der Waals surface area (Å²) in [6.45, 7) is 12.7. The first kappa shape index (κ1) is 15.0. The maximum Gasteiger partial charge on any atom is 0.157 e. The molecule has 0 aromatic carbocycles. The minimum absolute atomic E-state index is 0.168. The van der Waals surface area contributed by atoms with Crippen LogP contribution in [0.1, 0.15) is 47.1 Å². The van der Waals surface area contributed by atoms with Crippen LogP contribution >= 0.6 is 0 Å². The van der Waals surface area contributed by atoms with E-state index in [9.17, 15) is 0 Å². The Bertz CT molecular complexity index is 334. The number of ether oxygens (including phenoxy) is 1. The second kappa shape index (κ2) is 7.41. The lowest BCUT2D eigenvalue weighted by atomic mass is 10.1. The molecule has 104 valence electrons. The fraction of sp³-hybridized carbons (Fsp3) is 0.786. The van der Waals surface area contributed by atoms with Crippen LogP contribution in [0.15, 0.2) is 12.4 Å². The van der Waals surface area contributed by atoms with Crippen LogP contribution in [0.3, 0.4) is 0 Å². The van der Waals surface area contributed by atoms with Crippen LogP contribution in [0.4, 0.5) is 0 Å². The summed E-state index contributed by atoms with van der Waals surface area (Å²) in [4.78, 5) is 0. The van der Waals surface area contributed by atoms with Crippen molar-refractivity contribution in [2.45, 2.75) is 53.2 Å². The maximum absolute atomic E-state index is 5.81. The Kier molecular flexibility index (Phi) is 6.19. The standard InChI is InChI=1S/C14H27N3O/c1-11(2)6-7-15-8-13(5)18-14-9-16-17(10-14)12(3)4/h9-13,15H,6-8H2,1-5H3. The Labute approximate surface area is 111 Å². The predicted molar refractivity (Wildman–Crippen MR) is 75.0 cm³/mol. The second-order valence-corrected chi connectivity index (χ2v) is 5.56. The molecule has 0 saturated heterocycles. The molecule has 1 rings (SSSR count). The molecule has 0 aliphatic rings. The topological polar surface area (TPSA) is 39.1 Å². The number of hydrogen-bond acceptors (Lipinski definition) is 3. The third-order valence-corrected chi connectivity index (χ3v) is 2.77. The van der Waals surface area contributed by atoms with E-state index in [0.717, 1.165) is 24.8 Å². The van der Waals surface area contributed by atoms with Crippen LogP contribution < -0.4 is 10.1 Å². The lowest BCUT2D eigenvalue weighted by Crippen LogP contribution is -2.30. The SMILES string of the molecule is CC(C)CCNCC(C)Oc1cnn(C(C)C)c1. The normalized spacial score (nSPS) is 13.3. The van der Waals surface area contributed by atoms with Gasteiger partial charge in [0.2, 0.25) is 0 Å². The van der Waals surface area contributed by atoms with Gasteiger partial charge in [-0.2, -0.15) is 5.10 Å². The van der Waals surface area contributed by atoms with Gasteiger partial charge in [-0.05, 0) is 39.7 Å². The molecule has 0 bridgehead atoms. The van der Waals surface area contributed by atoms with Gasteiger partial charge < -0.3 is 10.1 Å². The average Bonchev–Trinajstić information content (AvgIpc) is 2.72. The van der Waals surface area contributed by atoms with Crippen LogP contribution in [0, 0.1) is 5.92 Å². The summed E-state index contributed by atoms with van der Waals surface area (Å²) in [7, 11) is 0. The first-order valence-electron chi connectivity index (χ1n) is 6.90. The monoisotopic (exact) mass is 253 g/mol. The largest absolute Gasteiger partial charge is 0.486 e. The summed E-state index contributed by atoms with van der Waals surface area (Å²) in [5.74, 6) is 1.60. The van der Waals surface area contributed by atoms with E-state index >= 15 is 0 Å². The number of rotatable bonds is 8. The molecule has 4 nitrogen and oxygen atoms in total. The van der Waals surface area contributed by atoms with E-state index in [4.69, 9.17) is 4.74 Å². The minimum Gasteiger partial charge on any atom is -0.486 e. The van der Waals surface area contributed by atoms with Gasteiger partial charge in [-0.1, -0.05) is 13.8 Å². The minimum atomic E-state index is 0.168. The van der Waals surface area contributed by atoms with Crippen LogP contribution in [-0.4, -0.2) is 29.0 Å². The zero-order chi connectivity index (χ0) is 13.5. The van der Waals surface area contributed by atoms with E-state index < -0.39 is 0 Å². The lowest BCUT2D eigenvalue weighted by molar-refractivity contribution is 0.216. The second-order valence-electron chi connectivity index (χ2n) is 5.56. The molecule has 1 aromatic rings. The van der Waals surface area contributed by atoms with Gasteiger partial charge in [0.05, 0.1) is 12.4 Å². The van der Waals surface area contributed by atoms with Crippen molar-refractivity contribution in [2.75, 3.05) is 13.1 Å². The molecule has 4 heteroatoms. The van der Waals surface area contributed by atoms with Gasteiger partial charge in [-0.15, -0.1) is 0 Å². The van der Waals surface area contributed by atoms with E-state index in [2.05, 4.69) is 45.0 Å². The quantitative estimate of drug-likeness (QED) is 0.724. The summed E-state index contributed by atoms with van der Waals surface area (Å²) in [5.41, 5.74) is 0. The van der Waals surface area contributed by atoms with E-state index in [0.29, 0.717) is 6.04 Å². The number of nitrogens with zero attached hydrogens (tertiary/aromatic N) is 2. The molecule has 1 heterocycles. The molecule has 0 amide bonds. The van der Waals surface area contributed by atoms with Crippen LogP contribution in [-0.2, 0) is 0 Å². The van der Waals surface area contributed by atoms with E-state index in [1.165, 1.54) is 6.42 Å². The molecule has 0 fully saturated rings. The zero-order valence-corrected chi connectivity index (χ0v) is 12.3. The fourth-order valence-electron chi connectivity index (χ4n) is 1.63. The summed E-state index contributed by atoms with van der Waals surface area (Å²) in [5, 5.41) is 7.67. The molecule has 0 saturated carbocycles. The molecular formula is C14H27N3O. The van der Waals surface area contributed by atoms with Gasteiger partial charge in [-0.3, -0.25) is 4.68 Å². The van der Waals surface area contributed by atoms with Crippen molar-refractivity contribution >= 4 is 0 Å². The Hall–Kier alpha value is -1.03. The Morgan fingerprint density at radius 1 is 1.28 bits per heavy atom. The fourth-order valence-corrected chi connectivity index (χ4v) is 1.63. The van der Waals surface area contributed by atoms with Crippen molar-refractivity contribution < 1.29 is 4.74 Å². The molecule has 0 spiro atoms. The molecule has 1 atom stereocenters. The smallest absolute Gasteiger partial charge is 0.157 e. The average molecular weight is 253 g/mol. The first-order chi connectivity index (χ1) is 8.49. The molecule has 0 radical (unpaired) electrons. The van der Waals surface area contributed by atoms with Gasteiger partial charge >= 0.3 is 0 Å². The summed E-state index contributed by atoms with van der Waals surface area (Å²) in [6.07, 6.45) is 5.11. The highest BCUT2D eigenvalue weighted by atomic mass is 16.5. The van der Waals surface area contributed by atoms with Crippen molar-refractivity contribution in [3.05, 3.63) is 12.4 Å². The molecule has 1 aromatic heterocycles. The van der Waals surface area contributed by atoms with Crippen LogP contribution in [0.2, 0.25) is 0 Å². The lowest BCUT2D eigenvalue weighted by Gasteiger charge is -2.14. The highest BCUT2D eigenvalue weighted by Gasteiger charge is 2.07. The first-order valence-corrected chi connectivity index (χ1v) is 6.90. The third-order valence-electron chi connectivity index (χ3n) is 2.77. The number of hydrogen-bond donors (Lipinski definition) is 1. The van der Waals surface area contributed by atoms with Crippen molar-refractivity contribution in [3.63, 3.8) is 0 Å². The van der Waals surface area contributed by atoms with Gasteiger partial charge in [0.1, 0.15) is 6.10 Å². The van der Waals surface area contributed by atoms with Gasteiger partial charge in [0, 0.05) is 12.6 Å². The summed E-state index contributed by atoms with van der Waals surface area (Å²) < 4.78 is 7.72. The molecular weight excluding hydrogens is 226 g/mol. The zero-order valence-electron chi connectivity index (χ0n) is 12.3. The van der Waals surface area contributed by atoms with Gasteiger partial charge in [0.25, 0.3) is 0 Å². The van der Waals surface area contributed by atoms with Crippen LogP contribution in [0.5, 0.6) is 5.75 Å². The number of nitrogens with one attached hydrogen (secondary N) is 1. The van der Waals surface area contributed by atoms with Crippen LogP contribution in [0.25, 0.3) is 0 Å². The van der Waals surface area contributed by atoms with E-state index in [1.807, 2.05) is 10.9 Å². The molecule has 1 unspecified atom stereocenters. The predicted octanol–water partition coefficient (Wildman–Crippen LogP) is 2.87. The van der Waals surface area contributed by atoms with E-state index in [-0.39, 0.29) is 6.10 Å². The molecule has 18 heavy (non-hydrogen) atoms. The van der Waals surface area contributed by atoms with Crippen molar-refractivity contribution in [1.82, 2.24) is 15.1 Å². The highest BCUT2D eigenvalue weighted by Crippen LogP contribution is 2.13. The summed E-state index contributed by atoms with van der Waals surface area (Å²) in [6, 6.07) is 0.377. The van der Waals surface area contributed by atoms with Crippen molar-refractivity contribution in [1.29, 1.82) is 0 Å². The third kappa shape index (κ3) is 5.54. The van der Waals surface area contributed by atoms with Gasteiger partial charge in [0.15, 0.2) is 5.75 Å². The molecule has 0 aliphatic carbocycles. The highest BCUT2D eigenvalue weighted by molar-refractivity contribution is 5.12. The summed E-state index contributed by atoms with van der Waals surface area (Å²) >= 11 is 0. The Morgan fingerprint density at radius 3 is 2.56 bits per heavy atom. The Balaban J connectivity index is 2.24. The maximum atomic E-state index is 5.81. The van der Waals surface area contributed by atoms with Gasteiger partial charge in [-0.25, -0.2) is 0 Å². The van der Waals surface area contributed by atoms with Crippen molar-refractivity contribution in [3.8, 4) is 5.75 Å².